The standard InChI is InChI=1S/C11H13NO4/c1-8(11(15)16)12(7-10(13)14)9-5-3-2-4-6-9/h2-6,8H,7H2,1H3,(H,13,14)(H,15,16). The lowest BCUT2D eigenvalue weighted by molar-refractivity contribution is -0.138. The molecule has 1 atom stereocenters. The molecular formula is C11H13NO4. The van der Waals surface area contributed by atoms with Gasteiger partial charge in [-0.25, -0.2) is 4.79 Å². The van der Waals surface area contributed by atoms with E-state index in [2.05, 4.69) is 0 Å². The van der Waals surface area contributed by atoms with Crippen LogP contribution in [-0.4, -0.2) is 34.7 Å². The lowest BCUT2D eigenvalue weighted by Crippen LogP contribution is -2.42. The average molecular weight is 223 g/mol. The van der Waals surface area contributed by atoms with Crippen LogP contribution in [0.25, 0.3) is 0 Å². The number of carboxylic acids is 2. The van der Waals surface area contributed by atoms with Crippen LogP contribution in [0.2, 0.25) is 0 Å². The molecule has 0 heterocycles. The normalized spacial score (nSPS) is 11.8. The molecule has 0 aliphatic carbocycles. The van der Waals surface area contributed by atoms with Gasteiger partial charge in [0, 0.05) is 5.69 Å². The Morgan fingerprint density at radius 1 is 1.25 bits per heavy atom. The number of nitrogens with zero attached hydrogens (tertiary/aromatic N) is 1. The van der Waals surface area contributed by atoms with Crippen LogP contribution in [0.15, 0.2) is 30.3 Å². The number of benzene rings is 1. The molecule has 0 saturated carbocycles. The minimum atomic E-state index is -1.06. The largest absolute Gasteiger partial charge is 0.480 e. The highest BCUT2D eigenvalue weighted by Gasteiger charge is 2.22. The third-order valence-electron chi connectivity index (χ3n) is 2.22. The maximum atomic E-state index is 10.9. The first-order chi connectivity index (χ1) is 7.52. The molecule has 5 nitrogen and oxygen atoms in total. The van der Waals surface area contributed by atoms with Gasteiger partial charge >= 0.3 is 11.9 Å². The van der Waals surface area contributed by atoms with E-state index in [9.17, 15) is 9.59 Å². The van der Waals surface area contributed by atoms with Crippen molar-refractivity contribution in [2.75, 3.05) is 11.4 Å². The minimum Gasteiger partial charge on any atom is -0.480 e. The van der Waals surface area contributed by atoms with Crippen molar-refractivity contribution in [2.24, 2.45) is 0 Å². The summed E-state index contributed by atoms with van der Waals surface area (Å²) in [5.74, 6) is -2.11. The van der Waals surface area contributed by atoms with Gasteiger partial charge in [0.1, 0.15) is 12.6 Å². The van der Waals surface area contributed by atoms with E-state index >= 15 is 0 Å². The van der Waals surface area contributed by atoms with Gasteiger partial charge in [-0.05, 0) is 19.1 Å². The number of hydrogen-bond acceptors (Lipinski definition) is 3. The van der Waals surface area contributed by atoms with E-state index in [1.165, 1.54) is 11.8 Å². The second kappa shape index (κ2) is 5.16. The topological polar surface area (TPSA) is 77.8 Å². The van der Waals surface area contributed by atoms with Crippen molar-refractivity contribution in [1.29, 1.82) is 0 Å². The van der Waals surface area contributed by atoms with Crippen molar-refractivity contribution < 1.29 is 19.8 Å². The third-order valence-corrected chi connectivity index (χ3v) is 2.22. The third kappa shape index (κ3) is 2.98. The van der Waals surface area contributed by atoms with E-state index in [4.69, 9.17) is 10.2 Å². The van der Waals surface area contributed by atoms with Gasteiger partial charge in [-0.3, -0.25) is 4.79 Å². The summed E-state index contributed by atoms with van der Waals surface area (Å²) in [7, 11) is 0. The van der Waals surface area contributed by atoms with Gasteiger partial charge in [0.05, 0.1) is 0 Å². The van der Waals surface area contributed by atoms with Gasteiger partial charge in [-0.15, -0.1) is 0 Å². The molecule has 1 unspecified atom stereocenters. The summed E-state index contributed by atoms with van der Waals surface area (Å²) in [5, 5.41) is 17.6. The van der Waals surface area contributed by atoms with E-state index in [1.807, 2.05) is 0 Å². The van der Waals surface area contributed by atoms with Gasteiger partial charge in [0.15, 0.2) is 0 Å². The van der Waals surface area contributed by atoms with Crippen LogP contribution in [0.4, 0.5) is 5.69 Å². The summed E-state index contributed by atoms with van der Waals surface area (Å²) in [6.45, 7) is 1.12. The van der Waals surface area contributed by atoms with Gasteiger partial charge in [0.25, 0.3) is 0 Å². The number of anilines is 1. The number of aliphatic carboxylic acids is 2. The Bertz CT molecular complexity index is 377. The summed E-state index contributed by atoms with van der Waals surface area (Å²) in [4.78, 5) is 22.9. The molecular weight excluding hydrogens is 210 g/mol. The minimum absolute atomic E-state index is 0.336. The zero-order chi connectivity index (χ0) is 12.1. The molecule has 16 heavy (non-hydrogen) atoms. The number of carboxylic acid groups (broad SMARTS) is 2. The summed E-state index contributed by atoms with van der Waals surface area (Å²) in [6, 6.07) is 7.74. The molecule has 0 aliphatic heterocycles. The predicted octanol–water partition coefficient (Wildman–Crippen LogP) is 1.05. The fraction of sp³-hybridized carbons (Fsp3) is 0.273. The second-order valence-corrected chi connectivity index (χ2v) is 3.37. The Labute approximate surface area is 92.9 Å². The van der Waals surface area contributed by atoms with Crippen LogP contribution >= 0.6 is 0 Å². The van der Waals surface area contributed by atoms with Crippen molar-refractivity contribution in [3.8, 4) is 0 Å². The molecule has 1 rings (SSSR count). The molecule has 2 N–H and O–H groups in total. The quantitative estimate of drug-likeness (QED) is 0.780. The van der Waals surface area contributed by atoms with Crippen molar-refractivity contribution in [3.63, 3.8) is 0 Å². The van der Waals surface area contributed by atoms with Crippen LogP contribution in [0, 0.1) is 0 Å². The molecule has 86 valence electrons. The summed E-state index contributed by atoms with van der Waals surface area (Å²) < 4.78 is 0. The van der Waals surface area contributed by atoms with Crippen LogP contribution in [0.5, 0.6) is 0 Å². The first-order valence-electron chi connectivity index (χ1n) is 4.78. The molecule has 0 aliphatic rings. The van der Waals surface area contributed by atoms with E-state index in [1.54, 1.807) is 30.3 Å². The molecule has 0 bridgehead atoms. The highest BCUT2D eigenvalue weighted by molar-refractivity contribution is 5.82. The highest BCUT2D eigenvalue weighted by Crippen LogP contribution is 2.16. The van der Waals surface area contributed by atoms with Crippen molar-refractivity contribution >= 4 is 17.6 Å². The van der Waals surface area contributed by atoms with Gasteiger partial charge in [-0.1, -0.05) is 18.2 Å². The van der Waals surface area contributed by atoms with E-state index < -0.39 is 18.0 Å². The molecule has 0 amide bonds. The molecule has 1 aromatic rings. The smallest absolute Gasteiger partial charge is 0.326 e. The zero-order valence-corrected chi connectivity index (χ0v) is 8.83. The molecule has 5 heteroatoms. The average Bonchev–Trinajstić information content (AvgIpc) is 2.26. The van der Waals surface area contributed by atoms with E-state index in [-0.39, 0.29) is 6.54 Å². The maximum absolute atomic E-state index is 10.9. The SMILES string of the molecule is CC(C(=O)O)N(CC(=O)O)c1ccccc1. The second-order valence-electron chi connectivity index (χ2n) is 3.37. The Balaban J connectivity index is 2.96. The number of rotatable bonds is 5. The van der Waals surface area contributed by atoms with E-state index in [0.29, 0.717) is 5.69 Å². The summed E-state index contributed by atoms with van der Waals surface area (Å²) in [5.41, 5.74) is 0.583. The van der Waals surface area contributed by atoms with Crippen LogP contribution < -0.4 is 4.90 Å². The molecule has 0 aromatic heterocycles. The molecule has 1 aromatic carbocycles. The number of hydrogen-bond donors (Lipinski definition) is 2. The monoisotopic (exact) mass is 223 g/mol. The van der Waals surface area contributed by atoms with E-state index in [0.717, 1.165) is 0 Å². The zero-order valence-electron chi connectivity index (χ0n) is 8.83. The number of carbonyl (C=O) groups is 2. The Kier molecular flexibility index (Phi) is 3.88. The lowest BCUT2D eigenvalue weighted by atomic mass is 10.2. The van der Waals surface area contributed by atoms with Crippen LogP contribution in [-0.2, 0) is 9.59 Å². The van der Waals surface area contributed by atoms with Crippen molar-refractivity contribution in [2.45, 2.75) is 13.0 Å². The fourth-order valence-electron chi connectivity index (χ4n) is 1.35. The lowest BCUT2D eigenvalue weighted by Gasteiger charge is -2.26. The Morgan fingerprint density at radius 2 is 1.81 bits per heavy atom. The van der Waals surface area contributed by atoms with Gasteiger partial charge < -0.3 is 15.1 Å². The highest BCUT2D eigenvalue weighted by atomic mass is 16.4. The molecule has 0 fully saturated rings. The fourth-order valence-corrected chi connectivity index (χ4v) is 1.35. The van der Waals surface area contributed by atoms with Gasteiger partial charge in [-0.2, -0.15) is 0 Å². The van der Waals surface area contributed by atoms with Crippen molar-refractivity contribution in [1.82, 2.24) is 0 Å². The Hall–Kier alpha value is -2.04. The molecule has 0 spiro atoms. The molecule has 0 radical (unpaired) electrons. The first-order valence-corrected chi connectivity index (χ1v) is 4.78. The Morgan fingerprint density at radius 3 is 2.25 bits per heavy atom. The maximum Gasteiger partial charge on any atom is 0.326 e. The van der Waals surface area contributed by atoms with Crippen LogP contribution in [0.3, 0.4) is 0 Å². The van der Waals surface area contributed by atoms with Crippen LogP contribution in [0.1, 0.15) is 6.92 Å². The van der Waals surface area contributed by atoms with Gasteiger partial charge in [0.2, 0.25) is 0 Å². The first kappa shape index (κ1) is 12.0. The van der Waals surface area contributed by atoms with Crippen molar-refractivity contribution in [3.05, 3.63) is 30.3 Å². The predicted molar refractivity (Wildman–Crippen MR) is 58.5 cm³/mol. The molecule has 0 saturated heterocycles. The summed E-state index contributed by atoms with van der Waals surface area (Å²) >= 11 is 0. The summed E-state index contributed by atoms with van der Waals surface area (Å²) in [6.07, 6.45) is 0. The number of para-hydroxylation sites is 1.